The highest BCUT2D eigenvalue weighted by Crippen LogP contribution is 2.46. The molecule has 0 aliphatic carbocycles. The molecule has 2 N–H and O–H groups in total. The molecule has 0 fully saturated rings. The second kappa shape index (κ2) is 10.2. The average Bonchev–Trinajstić information content (AvgIpc) is 3.47. The van der Waals surface area contributed by atoms with Crippen molar-refractivity contribution in [2.45, 2.75) is 31.6 Å². The van der Waals surface area contributed by atoms with E-state index in [1.54, 1.807) is 14.2 Å². The minimum absolute atomic E-state index is 0.367. The van der Waals surface area contributed by atoms with Gasteiger partial charge in [-0.25, -0.2) is 4.68 Å². The molecule has 3 heterocycles. The second-order valence-electron chi connectivity index (χ2n) is 8.73. The first-order chi connectivity index (χ1) is 17.9. The number of hydrogen-bond acceptors (Lipinski definition) is 5. The fourth-order valence-electron chi connectivity index (χ4n) is 4.87. The van der Waals surface area contributed by atoms with E-state index in [4.69, 9.17) is 30.9 Å². The van der Waals surface area contributed by atoms with Crippen LogP contribution in [0.5, 0.6) is 11.5 Å². The molecule has 0 bridgehead atoms. The van der Waals surface area contributed by atoms with E-state index in [1.165, 1.54) is 6.07 Å². The number of aliphatic carboxylic acids is 1. The maximum atomic E-state index is 12.2. The third-order valence-corrected chi connectivity index (χ3v) is 6.70. The molecule has 0 saturated carbocycles. The summed E-state index contributed by atoms with van der Waals surface area (Å²) in [4.78, 5) is 23.2. The minimum Gasteiger partial charge on any atom is -0.493 e. The zero-order valence-electron chi connectivity index (χ0n) is 20.3. The highest BCUT2D eigenvalue weighted by molar-refractivity contribution is 6.30. The SMILES string of the molecule is COc1cccc([C@H]2O[C@H](CCc3cc(=O)n(CC(=O)O)[nH]3)c3cccn3-c3ccc(Cl)cc32)c1OC. The standard InChI is InChI=1S/C27H26ClN3O6/c1-35-23-7-3-5-18(27(23)36-2)26-19-13-16(28)8-10-20(19)30-12-4-6-21(30)22(37-26)11-9-17-14-24(32)31(29-17)15-25(33)34/h3-8,10,12-14,22,26,29H,9,11,15H2,1-2H3,(H,33,34)/t22-,26-/m1/s1. The number of carboxylic acid groups (broad SMARTS) is 1. The lowest BCUT2D eigenvalue weighted by molar-refractivity contribution is -0.137. The van der Waals surface area contributed by atoms with E-state index in [2.05, 4.69) is 9.67 Å². The first-order valence-electron chi connectivity index (χ1n) is 11.7. The zero-order chi connectivity index (χ0) is 26.1. The number of carboxylic acids is 1. The van der Waals surface area contributed by atoms with Gasteiger partial charge in [0.1, 0.15) is 12.6 Å². The largest absolute Gasteiger partial charge is 0.493 e. The first kappa shape index (κ1) is 24.7. The molecule has 9 nitrogen and oxygen atoms in total. The smallest absolute Gasteiger partial charge is 0.325 e. The van der Waals surface area contributed by atoms with Gasteiger partial charge in [0.15, 0.2) is 11.5 Å². The van der Waals surface area contributed by atoms with E-state index in [1.807, 2.05) is 54.7 Å². The van der Waals surface area contributed by atoms with Crippen LogP contribution < -0.4 is 15.0 Å². The summed E-state index contributed by atoms with van der Waals surface area (Å²) >= 11 is 6.45. The maximum absolute atomic E-state index is 12.2. The van der Waals surface area contributed by atoms with Crippen molar-refractivity contribution in [2.24, 2.45) is 0 Å². The summed E-state index contributed by atoms with van der Waals surface area (Å²) in [7, 11) is 3.18. The first-order valence-corrected chi connectivity index (χ1v) is 12.1. The van der Waals surface area contributed by atoms with Gasteiger partial charge in [-0.15, -0.1) is 0 Å². The molecule has 5 rings (SSSR count). The summed E-state index contributed by atoms with van der Waals surface area (Å²) in [5, 5.41) is 12.5. The molecule has 0 amide bonds. The molecule has 2 aromatic heterocycles. The van der Waals surface area contributed by atoms with Crippen LogP contribution in [0.4, 0.5) is 0 Å². The van der Waals surface area contributed by atoms with Crippen molar-refractivity contribution in [3.8, 4) is 17.2 Å². The highest BCUT2D eigenvalue weighted by Gasteiger charge is 2.33. The number of rotatable bonds is 8. The summed E-state index contributed by atoms with van der Waals surface area (Å²) in [6.07, 6.45) is 2.08. The van der Waals surface area contributed by atoms with Crippen LogP contribution in [0.1, 0.15) is 41.1 Å². The number of methoxy groups -OCH3 is 2. The van der Waals surface area contributed by atoms with Gasteiger partial charge in [0.2, 0.25) is 0 Å². The van der Waals surface area contributed by atoms with Crippen molar-refractivity contribution >= 4 is 17.6 Å². The topological polar surface area (TPSA) is 108 Å². The normalized spacial score (nSPS) is 16.5. The van der Waals surface area contributed by atoms with Crippen molar-refractivity contribution < 1.29 is 24.1 Å². The Balaban J connectivity index is 1.56. The number of aryl methyl sites for hydroxylation is 1. The number of benzene rings is 2. The van der Waals surface area contributed by atoms with Gasteiger partial charge >= 0.3 is 5.97 Å². The number of nitrogens with one attached hydrogen (secondary N) is 1. The van der Waals surface area contributed by atoms with E-state index in [9.17, 15) is 9.59 Å². The molecule has 2 aromatic carbocycles. The number of hydrogen-bond donors (Lipinski definition) is 2. The number of aromatic amines is 1. The predicted molar refractivity (Wildman–Crippen MR) is 137 cm³/mol. The van der Waals surface area contributed by atoms with Gasteiger partial charge in [-0.05, 0) is 49.2 Å². The fraction of sp³-hybridized carbons (Fsp3) is 0.259. The molecule has 2 atom stereocenters. The summed E-state index contributed by atoms with van der Waals surface area (Å²) in [6, 6.07) is 16.8. The van der Waals surface area contributed by atoms with Crippen LogP contribution in [0.2, 0.25) is 5.02 Å². The van der Waals surface area contributed by atoms with Crippen molar-refractivity contribution in [1.29, 1.82) is 0 Å². The third-order valence-electron chi connectivity index (χ3n) is 6.47. The Hall–Kier alpha value is -3.95. The molecule has 1 aliphatic heterocycles. The lowest BCUT2D eigenvalue weighted by Crippen LogP contribution is -2.20. The number of para-hydroxylation sites is 1. The molecule has 0 saturated heterocycles. The summed E-state index contributed by atoms with van der Waals surface area (Å²) in [5.41, 5.74) is 3.79. The van der Waals surface area contributed by atoms with E-state index < -0.39 is 18.6 Å². The molecule has 4 aromatic rings. The van der Waals surface area contributed by atoms with E-state index in [0.29, 0.717) is 35.1 Å². The summed E-state index contributed by atoms with van der Waals surface area (Å²) < 4.78 is 21.3. The molecule has 192 valence electrons. The van der Waals surface area contributed by atoms with Gasteiger partial charge in [-0.2, -0.15) is 0 Å². The average molecular weight is 524 g/mol. The Morgan fingerprint density at radius 1 is 1.11 bits per heavy atom. The maximum Gasteiger partial charge on any atom is 0.325 e. The number of ether oxygens (including phenoxy) is 3. The lowest BCUT2D eigenvalue weighted by atomic mass is 9.98. The number of fused-ring (bicyclic) bond motifs is 3. The molecule has 0 radical (unpaired) electrons. The van der Waals surface area contributed by atoms with Gasteiger partial charge in [0.05, 0.1) is 31.7 Å². The van der Waals surface area contributed by atoms with Gasteiger partial charge in [0.25, 0.3) is 5.56 Å². The number of aromatic nitrogens is 3. The van der Waals surface area contributed by atoms with Crippen molar-refractivity contribution in [1.82, 2.24) is 14.3 Å². The monoisotopic (exact) mass is 523 g/mol. The van der Waals surface area contributed by atoms with Crippen molar-refractivity contribution in [3.05, 3.63) is 98.7 Å². The van der Waals surface area contributed by atoms with Gasteiger partial charge in [-0.1, -0.05) is 23.7 Å². The van der Waals surface area contributed by atoms with Gasteiger partial charge in [-0.3, -0.25) is 14.7 Å². The third kappa shape index (κ3) is 4.75. The van der Waals surface area contributed by atoms with Crippen molar-refractivity contribution in [3.63, 3.8) is 0 Å². The number of nitrogens with zero attached hydrogens (tertiary/aromatic N) is 2. The Kier molecular flexibility index (Phi) is 6.82. The quantitative estimate of drug-likeness (QED) is 0.352. The predicted octanol–water partition coefficient (Wildman–Crippen LogP) is 4.52. The van der Waals surface area contributed by atoms with E-state index in [0.717, 1.165) is 27.2 Å². The van der Waals surface area contributed by atoms with E-state index >= 15 is 0 Å². The van der Waals surface area contributed by atoms with E-state index in [-0.39, 0.29) is 11.7 Å². The molecular weight excluding hydrogens is 498 g/mol. The Morgan fingerprint density at radius 2 is 1.95 bits per heavy atom. The highest BCUT2D eigenvalue weighted by atomic mass is 35.5. The van der Waals surface area contributed by atoms with Gasteiger partial charge < -0.3 is 23.9 Å². The van der Waals surface area contributed by atoms with Crippen LogP contribution >= 0.6 is 11.6 Å². The molecule has 1 aliphatic rings. The van der Waals surface area contributed by atoms with Crippen LogP contribution in [0.3, 0.4) is 0 Å². The van der Waals surface area contributed by atoms with Crippen LogP contribution in [0.25, 0.3) is 5.69 Å². The van der Waals surface area contributed by atoms with Crippen LogP contribution in [0, 0.1) is 0 Å². The van der Waals surface area contributed by atoms with Crippen LogP contribution in [0.15, 0.2) is 65.6 Å². The molecule has 0 spiro atoms. The molecule has 0 unspecified atom stereocenters. The lowest BCUT2D eigenvalue weighted by Gasteiger charge is -2.25. The number of H-pyrrole nitrogens is 1. The van der Waals surface area contributed by atoms with Crippen LogP contribution in [-0.4, -0.2) is 39.6 Å². The van der Waals surface area contributed by atoms with Crippen LogP contribution in [-0.2, 0) is 22.5 Å². The fourth-order valence-corrected chi connectivity index (χ4v) is 5.05. The summed E-state index contributed by atoms with van der Waals surface area (Å²) in [5.74, 6) is 0.0678. The molecule has 10 heteroatoms. The van der Waals surface area contributed by atoms with Crippen molar-refractivity contribution in [2.75, 3.05) is 14.2 Å². The molecular formula is C27H26ClN3O6. The number of carbonyl (C=O) groups is 1. The molecule has 37 heavy (non-hydrogen) atoms. The number of halogens is 1. The Morgan fingerprint density at radius 3 is 2.70 bits per heavy atom. The summed E-state index contributed by atoms with van der Waals surface area (Å²) in [6.45, 7) is -0.421. The Labute approximate surface area is 217 Å². The van der Waals surface area contributed by atoms with Gasteiger partial charge in [0, 0.05) is 34.1 Å². The minimum atomic E-state index is -1.09. The Bertz CT molecular complexity index is 1500. The zero-order valence-corrected chi connectivity index (χ0v) is 21.1. The second-order valence-corrected chi connectivity index (χ2v) is 9.17.